The maximum atomic E-state index is 12.9. The number of carbonyl (C=O) groups excluding carboxylic acids is 1. The van der Waals surface area contributed by atoms with Crippen molar-refractivity contribution in [3.8, 4) is 0 Å². The molecule has 1 N–H and O–H groups in total. The van der Waals surface area contributed by atoms with Gasteiger partial charge in [0.2, 0.25) is 15.9 Å². The molecule has 164 valence electrons. The van der Waals surface area contributed by atoms with Crippen LogP contribution in [0.3, 0.4) is 0 Å². The van der Waals surface area contributed by atoms with Gasteiger partial charge in [-0.25, -0.2) is 8.42 Å². The van der Waals surface area contributed by atoms with Crippen molar-refractivity contribution in [1.82, 2.24) is 14.8 Å². The van der Waals surface area contributed by atoms with Crippen LogP contribution in [-0.4, -0.2) is 43.4 Å². The van der Waals surface area contributed by atoms with E-state index in [0.29, 0.717) is 43.9 Å². The van der Waals surface area contributed by atoms with Crippen molar-refractivity contribution >= 4 is 15.9 Å². The van der Waals surface area contributed by atoms with Crippen LogP contribution in [0.15, 0.2) is 39.8 Å². The number of aromatic nitrogens is 1. The second kappa shape index (κ2) is 9.75. The number of nitrogens with one attached hydrogen (secondary N) is 1. The Kier molecular flexibility index (Phi) is 7.31. The van der Waals surface area contributed by atoms with Gasteiger partial charge in [0, 0.05) is 25.6 Å². The number of aryl methyl sites for hydroxylation is 3. The molecule has 1 aliphatic heterocycles. The van der Waals surface area contributed by atoms with E-state index in [-0.39, 0.29) is 22.6 Å². The van der Waals surface area contributed by atoms with Crippen LogP contribution < -0.4 is 5.32 Å². The quantitative estimate of drug-likeness (QED) is 0.646. The molecule has 30 heavy (non-hydrogen) atoms. The van der Waals surface area contributed by atoms with Crippen molar-refractivity contribution in [1.29, 1.82) is 0 Å². The van der Waals surface area contributed by atoms with E-state index >= 15 is 0 Å². The smallest absolute Gasteiger partial charge is 0.248 e. The third-order valence-corrected chi connectivity index (χ3v) is 8.11. The first-order valence-corrected chi connectivity index (χ1v) is 12.0. The van der Waals surface area contributed by atoms with Gasteiger partial charge in [0.05, 0.1) is 0 Å². The van der Waals surface area contributed by atoms with E-state index in [9.17, 15) is 13.2 Å². The molecule has 7 nitrogen and oxygen atoms in total. The first-order valence-electron chi connectivity index (χ1n) is 10.6. The number of rotatable bonds is 8. The normalized spacial score (nSPS) is 17.0. The van der Waals surface area contributed by atoms with Crippen LogP contribution in [0, 0.1) is 25.7 Å². The van der Waals surface area contributed by atoms with Gasteiger partial charge in [-0.05, 0) is 51.0 Å². The first-order chi connectivity index (χ1) is 14.3. The van der Waals surface area contributed by atoms with E-state index in [0.717, 1.165) is 12.8 Å². The molecule has 0 radical (unpaired) electrons. The molecule has 2 aromatic rings. The Balaban J connectivity index is 1.46. The van der Waals surface area contributed by atoms with E-state index in [4.69, 9.17) is 4.52 Å². The maximum absolute atomic E-state index is 12.9. The minimum absolute atomic E-state index is 0.0510. The van der Waals surface area contributed by atoms with Gasteiger partial charge in [0.1, 0.15) is 10.6 Å². The summed E-state index contributed by atoms with van der Waals surface area (Å²) in [6.07, 6.45) is 3.17. The zero-order valence-electron chi connectivity index (χ0n) is 17.9. The highest BCUT2D eigenvalue weighted by molar-refractivity contribution is 7.89. The Morgan fingerprint density at radius 1 is 1.23 bits per heavy atom. The number of piperidine rings is 1. The predicted molar refractivity (Wildman–Crippen MR) is 114 cm³/mol. The molecular formula is C22H31N3O4S. The zero-order valence-corrected chi connectivity index (χ0v) is 18.7. The Bertz CT molecular complexity index is 929. The molecule has 1 aromatic heterocycles. The molecule has 3 rings (SSSR count). The number of nitrogens with zero attached hydrogens (tertiary/aromatic N) is 2. The second-order valence-corrected chi connectivity index (χ2v) is 9.94. The van der Waals surface area contributed by atoms with Gasteiger partial charge in [0.25, 0.3) is 0 Å². The first kappa shape index (κ1) is 22.5. The van der Waals surface area contributed by atoms with Crippen molar-refractivity contribution in [2.45, 2.75) is 51.3 Å². The standard InChI is InChI=1S/C22H31N3O4S/c1-16(22(26)23-13-7-10-19-8-5-4-6-9-19)20-11-14-25(15-12-20)30(27,28)21-17(2)24-29-18(21)3/h4-6,8-9,16,20H,7,10-15H2,1-3H3,(H,23,26)/t16-/m1/s1. The minimum atomic E-state index is -3.62. The van der Waals surface area contributed by atoms with Gasteiger partial charge in [-0.3, -0.25) is 4.79 Å². The summed E-state index contributed by atoms with van der Waals surface area (Å²) >= 11 is 0. The summed E-state index contributed by atoms with van der Waals surface area (Å²) in [5, 5.41) is 6.80. The third-order valence-electron chi connectivity index (χ3n) is 5.97. The molecular weight excluding hydrogens is 402 g/mol. The van der Waals surface area contributed by atoms with Gasteiger partial charge in [-0.15, -0.1) is 0 Å². The average molecular weight is 434 g/mol. The maximum Gasteiger partial charge on any atom is 0.248 e. The van der Waals surface area contributed by atoms with Crippen LogP contribution in [0.25, 0.3) is 0 Å². The summed E-state index contributed by atoms with van der Waals surface area (Å²) in [6, 6.07) is 10.2. The molecule has 2 heterocycles. The molecule has 1 atom stereocenters. The van der Waals surface area contributed by atoms with Gasteiger partial charge in [-0.1, -0.05) is 42.4 Å². The highest BCUT2D eigenvalue weighted by Gasteiger charge is 2.36. The highest BCUT2D eigenvalue weighted by atomic mass is 32.2. The van der Waals surface area contributed by atoms with Crippen LogP contribution in [0.1, 0.15) is 43.2 Å². The van der Waals surface area contributed by atoms with Crippen molar-refractivity contribution in [2.75, 3.05) is 19.6 Å². The molecule has 0 bridgehead atoms. The molecule has 1 aromatic carbocycles. The van der Waals surface area contributed by atoms with E-state index in [1.165, 1.54) is 9.87 Å². The Hall–Kier alpha value is -2.19. The Labute approximate surface area is 178 Å². The molecule has 1 aliphatic rings. The Morgan fingerprint density at radius 3 is 2.50 bits per heavy atom. The number of hydrogen-bond donors (Lipinski definition) is 1. The number of hydrogen-bond acceptors (Lipinski definition) is 5. The van der Waals surface area contributed by atoms with Crippen molar-refractivity contribution in [2.24, 2.45) is 11.8 Å². The van der Waals surface area contributed by atoms with Gasteiger partial charge >= 0.3 is 0 Å². The largest absolute Gasteiger partial charge is 0.360 e. The van der Waals surface area contributed by atoms with Crippen LogP contribution in [-0.2, 0) is 21.2 Å². The molecule has 1 saturated heterocycles. The van der Waals surface area contributed by atoms with Gasteiger partial charge < -0.3 is 9.84 Å². The van der Waals surface area contributed by atoms with Crippen LogP contribution >= 0.6 is 0 Å². The van der Waals surface area contributed by atoms with Gasteiger partial charge in [0.15, 0.2) is 5.76 Å². The average Bonchev–Trinajstić information content (AvgIpc) is 3.10. The molecule has 0 spiro atoms. The second-order valence-electron chi connectivity index (χ2n) is 8.06. The number of amides is 1. The topological polar surface area (TPSA) is 92.5 Å². The lowest BCUT2D eigenvalue weighted by Crippen LogP contribution is -2.43. The van der Waals surface area contributed by atoms with Crippen LogP contribution in [0.5, 0.6) is 0 Å². The lowest BCUT2D eigenvalue weighted by atomic mass is 9.85. The number of benzene rings is 1. The zero-order chi connectivity index (χ0) is 21.7. The van der Waals surface area contributed by atoms with Crippen molar-refractivity contribution in [3.63, 3.8) is 0 Å². The van der Waals surface area contributed by atoms with E-state index < -0.39 is 10.0 Å². The lowest BCUT2D eigenvalue weighted by Gasteiger charge is -2.33. The molecule has 1 amide bonds. The van der Waals surface area contributed by atoms with Crippen molar-refractivity contribution in [3.05, 3.63) is 47.3 Å². The SMILES string of the molecule is Cc1noc(C)c1S(=O)(=O)N1CCC([C@@H](C)C(=O)NCCCc2ccccc2)CC1. The Morgan fingerprint density at radius 2 is 1.90 bits per heavy atom. The summed E-state index contributed by atoms with van der Waals surface area (Å²) in [5.41, 5.74) is 1.66. The summed E-state index contributed by atoms with van der Waals surface area (Å²) in [6.45, 7) is 6.66. The summed E-state index contributed by atoms with van der Waals surface area (Å²) in [7, 11) is -3.62. The van der Waals surface area contributed by atoms with E-state index in [1.54, 1.807) is 13.8 Å². The van der Waals surface area contributed by atoms with Crippen LogP contribution in [0.4, 0.5) is 0 Å². The van der Waals surface area contributed by atoms with E-state index in [2.05, 4.69) is 22.6 Å². The molecule has 8 heteroatoms. The summed E-state index contributed by atoms with van der Waals surface area (Å²) in [4.78, 5) is 12.7. The summed E-state index contributed by atoms with van der Waals surface area (Å²) < 4.78 is 32.4. The third kappa shape index (κ3) is 5.10. The summed E-state index contributed by atoms with van der Waals surface area (Å²) in [5.74, 6) is 0.411. The molecule has 0 aliphatic carbocycles. The highest BCUT2D eigenvalue weighted by Crippen LogP contribution is 2.30. The van der Waals surface area contributed by atoms with Crippen molar-refractivity contribution < 1.29 is 17.7 Å². The number of carbonyl (C=O) groups is 1. The molecule has 0 unspecified atom stereocenters. The predicted octanol–water partition coefficient (Wildman–Crippen LogP) is 3.08. The minimum Gasteiger partial charge on any atom is -0.360 e. The van der Waals surface area contributed by atoms with Gasteiger partial charge in [-0.2, -0.15) is 4.31 Å². The van der Waals surface area contributed by atoms with E-state index in [1.807, 2.05) is 25.1 Å². The molecule has 1 fully saturated rings. The molecule has 0 saturated carbocycles. The monoisotopic (exact) mass is 433 g/mol. The van der Waals surface area contributed by atoms with Crippen LogP contribution in [0.2, 0.25) is 0 Å². The fourth-order valence-electron chi connectivity index (χ4n) is 4.11. The number of sulfonamides is 1. The fourth-order valence-corrected chi connectivity index (χ4v) is 5.87. The lowest BCUT2D eigenvalue weighted by molar-refractivity contribution is -0.126. The fraction of sp³-hybridized carbons (Fsp3) is 0.545.